The van der Waals surface area contributed by atoms with Crippen molar-refractivity contribution in [3.63, 3.8) is 0 Å². The predicted octanol–water partition coefficient (Wildman–Crippen LogP) is 3.53. The maximum atomic E-state index is 10.9. The summed E-state index contributed by atoms with van der Waals surface area (Å²) in [4.78, 5) is 10.9. The summed E-state index contributed by atoms with van der Waals surface area (Å²) >= 11 is 0. The highest BCUT2D eigenvalue weighted by atomic mass is 16.1. The van der Waals surface area contributed by atoms with E-state index in [0.717, 1.165) is 36.9 Å². The lowest BCUT2D eigenvalue weighted by Gasteiger charge is -2.14. The molecule has 1 unspecified atom stereocenters. The summed E-state index contributed by atoms with van der Waals surface area (Å²) in [6, 6.07) is 2.05. The average molecular weight is 207 g/mol. The smallest absolute Gasteiger partial charge is 0.151 e. The lowest BCUT2D eigenvalue weighted by Crippen LogP contribution is -2.07. The summed E-state index contributed by atoms with van der Waals surface area (Å²) in [6.45, 7) is 9.62. The standard InChI is InChI=1S/C13H21NO/c1-5-7-14-11(4)12(9-15)8-13(14)10(3)6-2/h8-10H,5-7H2,1-4H3. The van der Waals surface area contributed by atoms with E-state index in [1.807, 2.05) is 13.0 Å². The summed E-state index contributed by atoms with van der Waals surface area (Å²) in [5, 5.41) is 0. The molecule has 0 fully saturated rings. The van der Waals surface area contributed by atoms with Crippen molar-refractivity contribution in [1.82, 2.24) is 4.57 Å². The Morgan fingerprint density at radius 3 is 2.60 bits per heavy atom. The highest BCUT2D eigenvalue weighted by Gasteiger charge is 2.14. The largest absolute Gasteiger partial charge is 0.348 e. The Bertz CT molecular complexity index is 339. The molecule has 0 amide bonds. The van der Waals surface area contributed by atoms with E-state index in [4.69, 9.17) is 0 Å². The van der Waals surface area contributed by atoms with Gasteiger partial charge in [-0.1, -0.05) is 20.8 Å². The Hall–Kier alpha value is -1.05. The number of hydrogen-bond donors (Lipinski definition) is 0. The minimum atomic E-state index is 0.531. The van der Waals surface area contributed by atoms with E-state index in [-0.39, 0.29) is 0 Å². The number of aromatic nitrogens is 1. The first-order chi connectivity index (χ1) is 7.15. The molecule has 0 aliphatic rings. The quantitative estimate of drug-likeness (QED) is 0.677. The number of carbonyl (C=O) groups is 1. The summed E-state index contributed by atoms with van der Waals surface area (Å²) in [5.74, 6) is 0.531. The molecule has 1 aromatic heterocycles. The van der Waals surface area contributed by atoms with Crippen molar-refractivity contribution >= 4 is 6.29 Å². The lowest BCUT2D eigenvalue weighted by atomic mass is 10.0. The normalized spacial score (nSPS) is 12.8. The molecule has 0 N–H and O–H groups in total. The van der Waals surface area contributed by atoms with Gasteiger partial charge in [0.1, 0.15) is 0 Å². The van der Waals surface area contributed by atoms with Crippen LogP contribution in [0.3, 0.4) is 0 Å². The molecule has 0 saturated carbocycles. The molecule has 15 heavy (non-hydrogen) atoms. The Balaban J connectivity index is 3.17. The fourth-order valence-electron chi connectivity index (χ4n) is 1.95. The van der Waals surface area contributed by atoms with Crippen LogP contribution in [0.4, 0.5) is 0 Å². The van der Waals surface area contributed by atoms with Crippen LogP contribution in [-0.2, 0) is 6.54 Å². The molecule has 0 spiro atoms. The highest BCUT2D eigenvalue weighted by Crippen LogP contribution is 2.24. The Morgan fingerprint density at radius 2 is 2.13 bits per heavy atom. The van der Waals surface area contributed by atoms with Gasteiger partial charge in [-0.15, -0.1) is 0 Å². The van der Waals surface area contributed by atoms with E-state index in [2.05, 4.69) is 25.3 Å². The zero-order valence-electron chi connectivity index (χ0n) is 10.2. The van der Waals surface area contributed by atoms with E-state index in [1.54, 1.807) is 0 Å². The lowest BCUT2D eigenvalue weighted by molar-refractivity contribution is 0.112. The molecule has 0 saturated heterocycles. The second kappa shape index (κ2) is 5.15. The van der Waals surface area contributed by atoms with Gasteiger partial charge in [0.15, 0.2) is 6.29 Å². The molecule has 2 heteroatoms. The molecule has 0 bridgehead atoms. The first kappa shape index (κ1) is 12.0. The van der Waals surface area contributed by atoms with Crippen LogP contribution >= 0.6 is 0 Å². The van der Waals surface area contributed by atoms with Gasteiger partial charge in [0.25, 0.3) is 0 Å². The molecule has 0 aliphatic carbocycles. The van der Waals surface area contributed by atoms with Gasteiger partial charge in [0.05, 0.1) is 0 Å². The molecule has 1 heterocycles. The fraction of sp³-hybridized carbons (Fsp3) is 0.615. The Kier molecular flexibility index (Phi) is 4.13. The zero-order chi connectivity index (χ0) is 11.4. The first-order valence-corrected chi connectivity index (χ1v) is 5.80. The van der Waals surface area contributed by atoms with Gasteiger partial charge in [-0.25, -0.2) is 0 Å². The second-order valence-electron chi connectivity index (χ2n) is 4.19. The van der Waals surface area contributed by atoms with E-state index >= 15 is 0 Å². The minimum Gasteiger partial charge on any atom is -0.348 e. The summed E-state index contributed by atoms with van der Waals surface area (Å²) in [5.41, 5.74) is 3.26. The third-order valence-corrected chi connectivity index (χ3v) is 3.13. The topological polar surface area (TPSA) is 22.0 Å². The molecule has 2 nitrogen and oxygen atoms in total. The van der Waals surface area contributed by atoms with Crippen LogP contribution in [0.15, 0.2) is 6.07 Å². The maximum absolute atomic E-state index is 10.9. The van der Waals surface area contributed by atoms with Crippen LogP contribution in [-0.4, -0.2) is 10.9 Å². The Morgan fingerprint density at radius 1 is 1.47 bits per heavy atom. The molecule has 0 radical (unpaired) electrons. The van der Waals surface area contributed by atoms with Crippen LogP contribution in [0, 0.1) is 6.92 Å². The van der Waals surface area contributed by atoms with Crippen LogP contribution in [0.1, 0.15) is 61.3 Å². The number of hydrogen-bond acceptors (Lipinski definition) is 1. The summed E-state index contributed by atoms with van der Waals surface area (Å²) in [6.07, 6.45) is 3.19. The van der Waals surface area contributed by atoms with E-state index < -0.39 is 0 Å². The van der Waals surface area contributed by atoms with Crippen molar-refractivity contribution in [2.45, 2.75) is 53.0 Å². The molecule has 0 aliphatic heterocycles. The van der Waals surface area contributed by atoms with Crippen LogP contribution in [0.5, 0.6) is 0 Å². The number of carbonyl (C=O) groups excluding carboxylic acids is 1. The number of aldehydes is 1. The maximum Gasteiger partial charge on any atom is 0.151 e. The van der Waals surface area contributed by atoms with Crippen molar-refractivity contribution in [3.05, 3.63) is 23.0 Å². The van der Waals surface area contributed by atoms with Crippen molar-refractivity contribution in [1.29, 1.82) is 0 Å². The predicted molar refractivity (Wildman–Crippen MR) is 63.6 cm³/mol. The van der Waals surface area contributed by atoms with E-state index in [9.17, 15) is 4.79 Å². The van der Waals surface area contributed by atoms with Gasteiger partial charge >= 0.3 is 0 Å². The van der Waals surface area contributed by atoms with Crippen LogP contribution in [0.2, 0.25) is 0 Å². The van der Waals surface area contributed by atoms with Crippen molar-refractivity contribution in [2.75, 3.05) is 0 Å². The van der Waals surface area contributed by atoms with Gasteiger partial charge in [0.2, 0.25) is 0 Å². The van der Waals surface area contributed by atoms with Crippen LogP contribution < -0.4 is 0 Å². The molecule has 1 rings (SSSR count). The number of nitrogens with zero attached hydrogens (tertiary/aromatic N) is 1. The molecule has 1 aromatic rings. The molecular formula is C13H21NO. The number of rotatable bonds is 5. The Labute approximate surface area is 92.3 Å². The van der Waals surface area contributed by atoms with Crippen molar-refractivity contribution in [3.8, 4) is 0 Å². The van der Waals surface area contributed by atoms with Crippen molar-refractivity contribution < 1.29 is 4.79 Å². The SMILES string of the molecule is CCCn1c(C(C)CC)cc(C=O)c1C. The van der Waals surface area contributed by atoms with Gasteiger partial charge in [-0.2, -0.15) is 0 Å². The second-order valence-corrected chi connectivity index (χ2v) is 4.19. The zero-order valence-corrected chi connectivity index (χ0v) is 10.2. The minimum absolute atomic E-state index is 0.531. The van der Waals surface area contributed by atoms with Gasteiger partial charge in [-0.05, 0) is 31.7 Å². The van der Waals surface area contributed by atoms with E-state index in [1.165, 1.54) is 5.69 Å². The van der Waals surface area contributed by atoms with Gasteiger partial charge in [-0.3, -0.25) is 4.79 Å². The summed E-state index contributed by atoms with van der Waals surface area (Å²) in [7, 11) is 0. The fourth-order valence-corrected chi connectivity index (χ4v) is 1.95. The van der Waals surface area contributed by atoms with Crippen molar-refractivity contribution in [2.24, 2.45) is 0 Å². The highest BCUT2D eigenvalue weighted by molar-refractivity contribution is 5.77. The molecule has 0 aromatic carbocycles. The van der Waals surface area contributed by atoms with Gasteiger partial charge < -0.3 is 4.57 Å². The molecular weight excluding hydrogens is 186 g/mol. The molecule has 1 atom stereocenters. The average Bonchev–Trinajstić information content (AvgIpc) is 2.56. The summed E-state index contributed by atoms with van der Waals surface area (Å²) < 4.78 is 2.29. The first-order valence-electron chi connectivity index (χ1n) is 5.80. The molecule has 84 valence electrons. The third-order valence-electron chi connectivity index (χ3n) is 3.13. The van der Waals surface area contributed by atoms with Crippen LogP contribution in [0.25, 0.3) is 0 Å². The third kappa shape index (κ3) is 2.31. The van der Waals surface area contributed by atoms with E-state index in [0.29, 0.717) is 5.92 Å². The monoisotopic (exact) mass is 207 g/mol. The van der Waals surface area contributed by atoms with Gasteiger partial charge in [0, 0.05) is 23.5 Å².